The number of nitriles is 4. The summed E-state index contributed by atoms with van der Waals surface area (Å²) in [5, 5.41) is 35.9. The van der Waals surface area contributed by atoms with E-state index in [1.54, 1.807) is 24.3 Å². The Morgan fingerprint density at radius 1 is 0.337 bits per heavy atom. The number of nitrogens with zero attached hydrogens (tertiary/aromatic N) is 8. The predicted molar refractivity (Wildman–Crippen MR) is 352 cm³/mol. The van der Waals surface area contributed by atoms with E-state index in [9.17, 15) is 19.2 Å². The maximum Gasteiger partial charge on any atom is 0.306 e. The molecular weight excluding hydrogens is 1160 g/mol. The van der Waals surface area contributed by atoms with Gasteiger partial charge in [-0.05, 0) is 156 Å². The third kappa shape index (κ3) is 20.0. The summed E-state index contributed by atoms with van der Waals surface area (Å²) in [6, 6.07) is 74.1. The number of ether oxygens (including phenoxy) is 6. The monoisotopic (exact) mass is 1230 g/mol. The second kappa shape index (κ2) is 34.4. The minimum Gasteiger partial charge on any atom is -0.490 e. The number of hydrogen-bond acceptors (Lipinski definition) is 18. The van der Waals surface area contributed by atoms with Crippen molar-refractivity contribution in [2.24, 2.45) is 0 Å². The second-order valence-corrected chi connectivity index (χ2v) is 20.6. The molecule has 92 heavy (non-hydrogen) atoms. The highest BCUT2D eigenvalue weighted by atomic mass is 16.6. The van der Waals surface area contributed by atoms with Gasteiger partial charge in [-0.1, -0.05) is 84.9 Å². The summed E-state index contributed by atoms with van der Waals surface area (Å²) in [5.74, 6) is -0.911. The molecule has 462 valence electrons. The van der Waals surface area contributed by atoms with Gasteiger partial charge in [0, 0.05) is 59.6 Å². The molecule has 0 aromatic heterocycles. The lowest BCUT2D eigenvalue weighted by atomic mass is 10.0. The predicted octanol–water partition coefficient (Wildman–Crippen LogP) is 13.9. The molecule has 18 heteroatoms. The number of benzene rings is 8. The van der Waals surface area contributed by atoms with Gasteiger partial charge in [0.15, 0.2) is 0 Å². The van der Waals surface area contributed by atoms with E-state index in [4.69, 9.17) is 49.5 Å². The van der Waals surface area contributed by atoms with Gasteiger partial charge in [-0.15, -0.1) is 0 Å². The average Bonchev–Trinajstić information content (AvgIpc) is 1.04. The molecule has 0 bridgehead atoms. The van der Waals surface area contributed by atoms with Crippen LogP contribution in [0.25, 0.3) is 23.3 Å². The van der Waals surface area contributed by atoms with Crippen LogP contribution in [0.3, 0.4) is 0 Å². The Hall–Kier alpha value is -12.1. The number of allylic oxidation sites excluding steroid dienone is 2. The lowest BCUT2D eigenvalue weighted by Gasteiger charge is -2.26. The van der Waals surface area contributed by atoms with E-state index >= 15 is 0 Å². The second-order valence-electron chi connectivity index (χ2n) is 20.6. The largest absolute Gasteiger partial charge is 0.490 e. The molecule has 18 nitrogen and oxygen atoms in total. The quantitative estimate of drug-likeness (QED) is 0.0170. The van der Waals surface area contributed by atoms with Crippen molar-refractivity contribution in [1.29, 1.82) is 21.0 Å². The highest BCUT2D eigenvalue weighted by Crippen LogP contribution is 2.39. The smallest absolute Gasteiger partial charge is 0.306 e. The summed E-state index contributed by atoms with van der Waals surface area (Å²) in [7, 11) is 3.69. The number of carbonyl (C=O) groups is 4. The van der Waals surface area contributed by atoms with Crippen LogP contribution in [0, 0.1) is 45.3 Å². The van der Waals surface area contributed by atoms with Crippen molar-refractivity contribution in [3.05, 3.63) is 229 Å². The van der Waals surface area contributed by atoms with Gasteiger partial charge < -0.3 is 48.0 Å². The number of hydrogen-bond donors (Lipinski definition) is 0. The Kier molecular flexibility index (Phi) is 24.6. The summed E-state index contributed by atoms with van der Waals surface area (Å²) in [5.41, 5.74) is 10.9. The molecule has 0 N–H and O–H groups in total. The molecule has 0 unspecified atom stereocenters. The summed E-state index contributed by atoms with van der Waals surface area (Å²) in [6.45, 7) is 1.30. The van der Waals surface area contributed by atoms with Crippen LogP contribution in [0.4, 0.5) is 45.5 Å². The van der Waals surface area contributed by atoms with Crippen LogP contribution in [-0.2, 0) is 38.1 Å². The standard InChI is InChI=1S/C74H66N8O10/c1-79(61-21-13-55(14-22-61)49-57(51-75)52-76)41-43-89-71(83)37-39-73(85)91-47-45-87-69-33-29-67(30-34-69)81(63-9-5-3-6-10-63)65-25-17-59(18-26-65)60-19-27-66(28-20-60)82(64-11-7-4-8-12-64)68-31-35-70(36-32-68)88-46-48-92-74(86)40-38-72(84)90-44-42-80(2)62-23-15-56(16-24-62)50-58(53-77)54-78/h3-36,49-50H,37-48H2,1-2H3. The molecule has 0 radical (unpaired) electrons. The normalized spacial score (nSPS) is 10.3. The lowest BCUT2D eigenvalue weighted by Crippen LogP contribution is -2.24. The van der Waals surface area contributed by atoms with Gasteiger partial charge in [0.25, 0.3) is 0 Å². The zero-order valence-electron chi connectivity index (χ0n) is 50.9. The van der Waals surface area contributed by atoms with Crippen LogP contribution in [0.2, 0.25) is 0 Å². The molecule has 0 fully saturated rings. The van der Waals surface area contributed by atoms with Gasteiger partial charge in [0.05, 0.1) is 38.8 Å². The summed E-state index contributed by atoms with van der Waals surface area (Å²) < 4.78 is 33.2. The van der Waals surface area contributed by atoms with E-state index in [-0.39, 0.29) is 76.5 Å². The van der Waals surface area contributed by atoms with Gasteiger partial charge in [0.2, 0.25) is 0 Å². The Labute approximate surface area is 535 Å². The molecule has 8 aromatic carbocycles. The molecule has 0 aliphatic rings. The Balaban J connectivity index is 0.766. The van der Waals surface area contributed by atoms with Gasteiger partial charge in [-0.25, -0.2) is 0 Å². The summed E-state index contributed by atoms with van der Waals surface area (Å²) in [4.78, 5) is 57.7. The third-order valence-corrected chi connectivity index (χ3v) is 14.3. The molecule has 8 rings (SSSR count). The van der Waals surface area contributed by atoms with Crippen LogP contribution >= 0.6 is 0 Å². The Bertz CT molecular complexity index is 3680. The Morgan fingerprint density at radius 3 is 0.913 bits per heavy atom. The van der Waals surface area contributed by atoms with E-state index < -0.39 is 23.9 Å². The van der Waals surface area contributed by atoms with Crippen molar-refractivity contribution in [1.82, 2.24) is 0 Å². The summed E-state index contributed by atoms with van der Waals surface area (Å²) in [6.07, 6.45) is 2.51. The van der Waals surface area contributed by atoms with Crippen molar-refractivity contribution >= 4 is 81.5 Å². The molecule has 0 heterocycles. The van der Waals surface area contributed by atoms with Crippen molar-refractivity contribution < 1.29 is 47.6 Å². The number of carbonyl (C=O) groups excluding carboxylic acids is 4. The first-order valence-corrected chi connectivity index (χ1v) is 29.6. The van der Waals surface area contributed by atoms with Crippen molar-refractivity contribution in [2.75, 3.05) is 86.4 Å². The van der Waals surface area contributed by atoms with Gasteiger partial charge in [-0.2, -0.15) is 21.0 Å². The molecule has 0 atom stereocenters. The first-order chi connectivity index (χ1) is 44.9. The van der Waals surface area contributed by atoms with Gasteiger partial charge in [-0.3, -0.25) is 19.2 Å². The van der Waals surface area contributed by atoms with Crippen LogP contribution in [0.1, 0.15) is 36.8 Å². The topological polar surface area (TPSA) is 232 Å². The molecule has 0 saturated carbocycles. The zero-order chi connectivity index (χ0) is 64.9. The maximum atomic E-state index is 12.4. The number of likely N-dealkylation sites (N-methyl/N-ethyl adjacent to an activating group) is 2. The number of anilines is 8. The molecule has 0 spiro atoms. The van der Waals surface area contributed by atoms with E-state index in [0.717, 1.165) is 67.8 Å². The SMILES string of the molecule is CN(CCOC(=O)CCC(=O)OCCOc1ccc(N(c2ccccc2)c2ccc(-c3ccc(N(c4ccccc4)c4ccc(OCCOC(=O)CCC(=O)OCCN(C)c5ccc(C=C(C#N)C#N)cc5)cc4)cc3)cc2)cc1)c1ccc(C=C(C#N)C#N)cc1. The molecule has 0 aliphatic heterocycles. The van der Waals surface area contributed by atoms with Crippen LogP contribution < -0.4 is 29.1 Å². The maximum absolute atomic E-state index is 12.4. The zero-order valence-corrected chi connectivity index (χ0v) is 50.9. The minimum atomic E-state index is -0.536. The lowest BCUT2D eigenvalue weighted by molar-refractivity contribution is -0.150. The van der Waals surface area contributed by atoms with Gasteiger partial charge >= 0.3 is 23.9 Å². The van der Waals surface area contributed by atoms with Crippen molar-refractivity contribution in [2.45, 2.75) is 25.7 Å². The number of esters is 4. The van der Waals surface area contributed by atoms with E-state index in [2.05, 4.69) is 58.3 Å². The van der Waals surface area contributed by atoms with Crippen LogP contribution in [-0.4, -0.2) is 90.7 Å². The van der Waals surface area contributed by atoms with E-state index in [1.807, 2.05) is 182 Å². The third-order valence-electron chi connectivity index (χ3n) is 14.3. The summed E-state index contributed by atoms with van der Waals surface area (Å²) >= 11 is 0. The number of para-hydroxylation sites is 2. The fraction of sp³-hybridized carbons (Fsp3) is 0.189. The molecular formula is C74H66N8O10. The first-order valence-electron chi connectivity index (χ1n) is 29.6. The fourth-order valence-electron chi connectivity index (χ4n) is 9.38. The highest BCUT2D eigenvalue weighted by Gasteiger charge is 2.17. The van der Waals surface area contributed by atoms with Crippen molar-refractivity contribution in [3.8, 4) is 46.9 Å². The fourth-order valence-corrected chi connectivity index (χ4v) is 9.38. The van der Waals surface area contributed by atoms with Crippen LogP contribution in [0.5, 0.6) is 11.5 Å². The molecule has 0 amide bonds. The molecule has 8 aromatic rings. The van der Waals surface area contributed by atoms with E-state index in [1.165, 1.54) is 12.2 Å². The van der Waals surface area contributed by atoms with Gasteiger partial charge in [0.1, 0.15) is 86.6 Å². The van der Waals surface area contributed by atoms with Crippen LogP contribution in [0.15, 0.2) is 217 Å². The number of rotatable bonds is 31. The minimum absolute atomic E-state index is 0.00189. The van der Waals surface area contributed by atoms with E-state index in [0.29, 0.717) is 24.6 Å². The van der Waals surface area contributed by atoms with Crippen molar-refractivity contribution in [3.63, 3.8) is 0 Å². The molecule has 0 saturated heterocycles. The average molecular weight is 1230 g/mol. The highest BCUT2D eigenvalue weighted by molar-refractivity contribution is 5.82. The molecule has 0 aliphatic carbocycles. The Morgan fingerprint density at radius 2 is 0.609 bits per heavy atom. The first kappa shape index (κ1) is 65.8.